The molecule has 1 N–H and O–H groups in total. The molecule has 1 amide bonds. The molecule has 0 aromatic carbocycles. The SMILES string of the molecule is O=C(CCCn1ccnc1)N1CCCC(c2ccnc(=O)[nH]2)C1. The average molecular weight is 315 g/mol. The summed E-state index contributed by atoms with van der Waals surface area (Å²) in [6.07, 6.45) is 10.2. The largest absolute Gasteiger partial charge is 0.345 e. The Balaban J connectivity index is 1.53. The Kier molecular flexibility index (Phi) is 4.85. The van der Waals surface area contributed by atoms with Crippen LogP contribution in [0, 0.1) is 0 Å². The number of piperidine rings is 1. The van der Waals surface area contributed by atoms with Gasteiger partial charge in [0.1, 0.15) is 0 Å². The zero-order valence-electron chi connectivity index (χ0n) is 13.0. The highest BCUT2D eigenvalue weighted by Gasteiger charge is 2.24. The predicted molar refractivity (Wildman–Crippen MR) is 84.9 cm³/mol. The second kappa shape index (κ2) is 7.21. The number of carbonyl (C=O) groups excluding carboxylic acids is 1. The predicted octanol–water partition coefficient (Wildman–Crippen LogP) is 1.15. The maximum absolute atomic E-state index is 12.4. The van der Waals surface area contributed by atoms with Crippen molar-refractivity contribution >= 4 is 5.91 Å². The van der Waals surface area contributed by atoms with Crippen molar-refractivity contribution in [1.82, 2.24) is 24.4 Å². The Labute approximate surface area is 134 Å². The van der Waals surface area contributed by atoms with Crippen LogP contribution in [-0.2, 0) is 11.3 Å². The molecule has 0 radical (unpaired) electrons. The van der Waals surface area contributed by atoms with Crippen molar-refractivity contribution < 1.29 is 4.79 Å². The van der Waals surface area contributed by atoms with Crippen LogP contribution in [0.15, 0.2) is 35.8 Å². The van der Waals surface area contributed by atoms with Crippen LogP contribution in [0.2, 0.25) is 0 Å². The normalized spacial score (nSPS) is 18.1. The van der Waals surface area contributed by atoms with E-state index in [1.54, 1.807) is 12.5 Å². The number of aryl methyl sites for hydroxylation is 1. The number of imidazole rings is 1. The van der Waals surface area contributed by atoms with Crippen molar-refractivity contribution in [3.8, 4) is 0 Å². The van der Waals surface area contributed by atoms with E-state index in [4.69, 9.17) is 0 Å². The first-order valence-corrected chi connectivity index (χ1v) is 8.01. The van der Waals surface area contributed by atoms with Gasteiger partial charge in [-0.3, -0.25) is 4.79 Å². The summed E-state index contributed by atoms with van der Waals surface area (Å²) in [7, 11) is 0. The maximum Gasteiger partial charge on any atom is 0.345 e. The van der Waals surface area contributed by atoms with Crippen LogP contribution in [0.1, 0.15) is 37.3 Å². The lowest BCUT2D eigenvalue weighted by Crippen LogP contribution is -2.39. The number of aromatic amines is 1. The minimum absolute atomic E-state index is 0.186. The summed E-state index contributed by atoms with van der Waals surface area (Å²) >= 11 is 0. The van der Waals surface area contributed by atoms with E-state index in [0.29, 0.717) is 13.0 Å². The molecule has 7 heteroatoms. The van der Waals surface area contributed by atoms with Crippen molar-refractivity contribution in [2.45, 2.75) is 38.1 Å². The summed E-state index contributed by atoms with van der Waals surface area (Å²) in [4.78, 5) is 36.1. The zero-order chi connectivity index (χ0) is 16.1. The van der Waals surface area contributed by atoms with Crippen molar-refractivity contribution in [2.75, 3.05) is 13.1 Å². The van der Waals surface area contributed by atoms with Crippen LogP contribution >= 0.6 is 0 Å². The molecule has 0 aliphatic carbocycles. The van der Waals surface area contributed by atoms with E-state index < -0.39 is 0 Å². The van der Waals surface area contributed by atoms with Gasteiger partial charge in [0.2, 0.25) is 5.91 Å². The van der Waals surface area contributed by atoms with Gasteiger partial charge in [0.25, 0.3) is 0 Å². The molecule has 3 heterocycles. The quantitative estimate of drug-likeness (QED) is 0.897. The lowest BCUT2D eigenvalue weighted by molar-refractivity contribution is -0.132. The Morgan fingerprint density at radius 1 is 1.39 bits per heavy atom. The number of amides is 1. The molecular weight excluding hydrogens is 294 g/mol. The molecule has 0 spiro atoms. The molecule has 2 aromatic heterocycles. The summed E-state index contributed by atoms with van der Waals surface area (Å²) in [5.41, 5.74) is 0.548. The van der Waals surface area contributed by atoms with Crippen LogP contribution in [0.5, 0.6) is 0 Å². The molecule has 1 aliphatic rings. The Bertz CT molecular complexity index is 695. The van der Waals surface area contributed by atoms with Gasteiger partial charge in [-0.1, -0.05) is 0 Å². The summed E-state index contributed by atoms with van der Waals surface area (Å²) in [5, 5.41) is 0. The number of nitrogens with one attached hydrogen (secondary N) is 1. The highest BCUT2D eigenvalue weighted by molar-refractivity contribution is 5.76. The molecule has 2 aromatic rings. The molecule has 0 saturated carbocycles. The highest BCUT2D eigenvalue weighted by Crippen LogP contribution is 2.25. The number of likely N-dealkylation sites (tertiary alicyclic amines) is 1. The first-order valence-electron chi connectivity index (χ1n) is 8.01. The molecule has 7 nitrogen and oxygen atoms in total. The highest BCUT2D eigenvalue weighted by atomic mass is 16.2. The van der Waals surface area contributed by atoms with Gasteiger partial charge in [-0.2, -0.15) is 0 Å². The van der Waals surface area contributed by atoms with Gasteiger partial charge in [-0.05, 0) is 25.3 Å². The molecule has 122 valence electrons. The summed E-state index contributed by atoms with van der Waals surface area (Å²) in [6.45, 7) is 2.28. The van der Waals surface area contributed by atoms with Crippen molar-refractivity contribution in [2.24, 2.45) is 0 Å². The minimum Gasteiger partial charge on any atom is -0.342 e. The molecule has 1 saturated heterocycles. The van der Waals surface area contributed by atoms with Crippen molar-refractivity contribution in [3.63, 3.8) is 0 Å². The van der Waals surface area contributed by atoms with E-state index >= 15 is 0 Å². The Morgan fingerprint density at radius 2 is 2.30 bits per heavy atom. The number of nitrogens with zero attached hydrogens (tertiary/aromatic N) is 4. The first kappa shape index (κ1) is 15.5. The second-order valence-corrected chi connectivity index (χ2v) is 5.91. The fourth-order valence-corrected chi connectivity index (χ4v) is 3.07. The van der Waals surface area contributed by atoms with Crippen LogP contribution in [0.25, 0.3) is 0 Å². The summed E-state index contributed by atoms with van der Waals surface area (Å²) in [5.74, 6) is 0.378. The first-order chi connectivity index (χ1) is 11.2. The number of H-pyrrole nitrogens is 1. The van der Waals surface area contributed by atoms with Gasteiger partial charge >= 0.3 is 5.69 Å². The van der Waals surface area contributed by atoms with E-state index in [0.717, 1.165) is 38.0 Å². The second-order valence-electron chi connectivity index (χ2n) is 5.91. The Morgan fingerprint density at radius 3 is 3.09 bits per heavy atom. The average Bonchev–Trinajstić information content (AvgIpc) is 3.08. The molecule has 1 fully saturated rings. The van der Waals surface area contributed by atoms with Crippen LogP contribution in [0.4, 0.5) is 0 Å². The maximum atomic E-state index is 12.4. The van der Waals surface area contributed by atoms with Gasteiger partial charge in [0.05, 0.1) is 6.33 Å². The molecule has 3 rings (SSSR count). The molecule has 1 unspecified atom stereocenters. The lowest BCUT2D eigenvalue weighted by atomic mass is 9.94. The van der Waals surface area contributed by atoms with Gasteiger partial charge < -0.3 is 14.5 Å². The molecule has 1 aliphatic heterocycles. The van der Waals surface area contributed by atoms with Crippen LogP contribution in [0.3, 0.4) is 0 Å². The number of carbonyl (C=O) groups is 1. The fraction of sp³-hybridized carbons (Fsp3) is 0.500. The number of hydrogen-bond donors (Lipinski definition) is 1. The van der Waals surface area contributed by atoms with Gasteiger partial charge in [0, 0.05) is 56.3 Å². The topological polar surface area (TPSA) is 83.9 Å². The van der Waals surface area contributed by atoms with E-state index in [1.165, 1.54) is 6.20 Å². The fourth-order valence-electron chi connectivity index (χ4n) is 3.07. The van der Waals surface area contributed by atoms with Gasteiger partial charge in [0.15, 0.2) is 0 Å². The molecule has 23 heavy (non-hydrogen) atoms. The van der Waals surface area contributed by atoms with Crippen molar-refractivity contribution in [3.05, 3.63) is 47.2 Å². The molecule has 1 atom stereocenters. The standard InChI is InChI=1S/C16H21N5O2/c22-15(4-2-8-20-10-7-17-12-20)21-9-1-3-13(11-21)14-5-6-18-16(23)19-14/h5-7,10,12-13H,1-4,8-9,11H2,(H,18,19,23). The van der Waals surface area contributed by atoms with Crippen LogP contribution in [-0.4, -0.2) is 43.4 Å². The van der Waals surface area contributed by atoms with Crippen LogP contribution < -0.4 is 5.69 Å². The smallest absolute Gasteiger partial charge is 0.342 e. The van der Waals surface area contributed by atoms with E-state index in [2.05, 4.69) is 15.0 Å². The zero-order valence-corrected chi connectivity index (χ0v) is 13.0. The van der Waals surface area contributed by atoms with E-state index in [-0.39, 0.29) is 17.5 Å². The number of rotatable bonds is 5. The molecule has 0 bridgehead atoms. The summed E-state index contributed by atoms with van der Waals surface area (Å²) < 4.78 is 1.98. The Hall–Kier alpha value is -2.44. The monoisotopic (exact) mass is 315 g/mol. The van der Waals surface area contributed by atoms with E-state index in [9.17, 15) is 9.59 Å². The third kappa shape index (κ3) is 4.06. The number of aromatic nitrogens is 4. The third-order valence-electron chi connectivity index (χ3n) is 4.28. The molecular formula is C16H21N5O2. The number of hydrogen-bond acceptors (Lipinski definition) is 4. The minimum atomic E-state index is -0.328. The third-order valence-corrected chi connectivity index (χ3v) is 4.28. The van der Waals surface area contributed by atoms with Gasteiger partial charge in [-0.25, -0.2) is 14.8 Å². The van der Waals surface area contributed by atoms with Crippen molar-refractivity contribution in [1.29, 1.82) is 0 Å². The summed E-state index contributed by atoms with van der Waals surface area (Å²) in [6, 6.07) is 1.83. The van der Waals surface area contributed by atoms with Gasteiger partial charge in [-0.15, -0.1) is 0 Å². The lowest BCUT2D eigenvalue weighted by Gasteiger charge is -2.32. The van der Waals surface area contributed by atoms with E-state index in [1.807, 2.05) is 21.7 Å².